The molecule has 0 radical (unpaired) electrons. The van der Waals surface area contributed by atoms with Crippen molar-refractivity contribution in [3.05, 3.63) is 53.4 Å². The molecule has 0 heterocycles. The SMILES string of the molecule is CC(=CS)C(=O)Oc1cccc2ccccc12. The zero-order chi connectivity index (χ0) is 12.3. The maximum absolute atomic E-state index is 11.6. The molecule has 2 aromatic carbocycles. The van der Waals surface area contributed by atoms with Crippen molar-refractivity contribution in [2.75, 3.05) is 0 Å². The molecule has 0 aliphatic rings. The Kier molecular flexibility index (Phi) is 3.49. The molecule has 17 heavy (non-hydrogen) atoms. The van der Waals surface area contributed by atoms with Crippen molar-refractivity contribution in [1.82, 2.24) is 0 Å². The molecule has 0 saturated heterocycles. The summed E-state index contributed by atoms with van der Waals surface area (Å²) in [4.78, 5) is 11.6. The summed E-state index contributed by atoms with van der Waals surface area (Å²) >= 11 is 3.93. The first-order valence-electron chi connectivity index (χ1n) is 5.23. The maximum atomic E-state index is 11.6. The van der Waals surface area contributed by atoms with E-state index in [1.54, 1.807) is 13.0 Å². The third-order valence-electron chi connectivity index (χ3n) is 2.47. The summed E-state index contributed by atoms with van der Waals surface area (Å²) in [6.07, 6.45) is 0. The molecule has 2 nitrogen and oxygen atoms in total. The minimum Gasteiger partial charge on any atom is -0.423 e. The highest BCUT2D eigenvalue weighted by Gasteiger charge is 2.08. The first kappa shape index (κ1) is 11.7. The normalized spacial score (nSPS) is 11.5. The van der Waals surface area contributed by atoms with Gasteiger partial charge in [0.1, 0.15) is 5.75 Å². The molecule has 3 heteroatoms. The Hall–Kier alpha value is -1.74. The van der Waals surface area contributed by atoms with E-state index in [1.165, 1.54) is 5.41 Å². The molecule has 86 valence electrons. The highest BCUT2D eigenvalue weighted by Crippen LogP contribution is 2.25. The van der Waals surface area contributed by atoms with Gasteiger partial charge in [0.05, 0.1) is 0 Å². The Morgan fingerprint density at radius 1 is 1.18 bits per heavy atom. The van der Waals surface area contributed by atoms with Gasteiger partial charge in [0.2, 0.25) is 0 Å². The topological polar surface area (TPSA) is 26.3 Å². The second-order valence-electron chi connectivity index (χ2n) is 3.68. The number of hydrogen-bond donors (Lipinski definition) is 1. The lowest BCUT2D eigenvalue weighted by molar-refractivity contribution is -0.130. The van der Waals surface area contributed by atoms with Gasteiger partial charge in [-0.15, -0.1) is 0 Å². The van der Waals surface area contributed by atoms with Gasteiger partial charge in [0.25, 0.3) is 0 Å². The van der Waals surface area contributed by atoms with Gasteiger partial charge in [-0.25, -0.2) is 4.79 Å². The molecule has 0 spiro atoms. The van der Waals surface area contributed by atoms with Gasteiger partial charge >= 0.3 is 5.97 Å². The zero-order valence-corrected chi connectivity index (χ0v) is 10.3. The molecular formula is C14H12O2S. The van der Waals surface area contributed by atoms with E-state index in [9.17, 15) is 4.79 Å². The van der Waals surface area contributed by atoms with Crippen LogP contribution in [0.2, 0.25) is 0 Å². The average molecular weight is 244 g/mol. The van der Waals surface area contributed by atoms with Gasteiger partial charge in [-0.2, -0.15) is 12.6 Å². The molecule has 2 rings (SSSR count). The highest BCUT2D eigenvalue weighted by atomic mass is 32.1. The molecule has 0 aromatic heterocycles. The smallest absolute Gasteiger partial charge is 0.339 e. The fraction of sp³-hybridized carbons (Fsp3) is 0.0714. The zero-order valence-electron chi connectivity index (χ0n) is 9.38. The van der Waals surface area contributed by atoms with Crippen LogP contribution in [0.15, 0.2) is 53.4 Å². The van der Waals surface area contributed by atoms with Crippen LogP contribution in [0.5, 0.6) is 5.75 Å². The third-order valence-corrected chi connectivity index (χ3v) is 2.86. The summed E-state index contributed by atoms with van der Waals surface area (Å²) in [7, 11) is 0. The van der Waals surface area contributed by atoms with Crippen molar-refractivity contribution in [2.24, 2.45) is 0 Å². The standard InChI is InChI=1S/C14H12O2S/c1-10(9-17)14(15)16-13-8-4-6-11-5-2-3-7-12(11)13/h2-9,17H,1H3. The molecule has 2 aromatic rings. The van der Waals surface area contributed by atoms with E-state index < -0.39 is 0 Å². The molecule has 0 bridgehead atoms. The quantitative estimate of drug-likeness (QED) is 0.378. The number of esters is 1. The summed E-state index contributed by atoms with van der Waals surface area (Å²) in [5.41, 5.74) is 0.473. The molecule has 0 amide bonds. The Morgan fingerprint density at radius 3 is 2.65 bits per heavy atom. The number of ether oxygens (including phenoxy) is 1. The molecule has 0 unspecified atom stereocenters. The number of rotatable bonds is 2. The molecular weight excluding hydrogens is 232 g/mol. The van der Waals surface area contributed by atoms with Crippen LogP contribution >= 0.6 is 12.6 Å². The average Bonchev–Trinajstić information content (AvgIpc) is 2.38. The third kappa shape index (κ3) is 2.50. The van der Waals surface area contributed by atoms with Gasteiger partial charge < -0.3 is 4.74 Å². The Morgan fingerprint density at radius 2 is 1.88 bits per heavy atom. The predicted molar refractivity (Wildman–Crippen MR) is 72.3 cm³/mol. The van der Waals surface area contributed by atoms with E-state index >= 15 is 0 Å². The summed E-state index contributed by atoms with van der Waals surface area (Å²) in [5, 5.41) is 3.41. The highest BCUT2D eigenvalue weighted by molar-refractivity contribution is 7.83. The van der Waals surface area contributed by atoms with E-state index in [4.69, 9.17) is 4.74 Å². The minimum atomic E-state index is -0.378. The summed E-state index contributed by atoms with van der Waals surface area (Å²) in [6, 6.07) is 13.4. The molecule has 0 atom stereocenters. The largest absolute Gasteiger partial charge is 0.423 e. The van der Waals surface area contributed by atoms with Crippen molar-refractivity contribution in [3.63, 3.8) is 0 Å². The second-order valence-corrected chi connectivity index (χ2v) is 3.94. The van der Waals surface area contributed by atoms with E-state index in [0.717, 1.165) is 10.8 Å². The van der Waals surface area contributed by atoms with Crippen molar-refractivity contribution in [2.45, 2.75) is 6.92 Å². The van der Waals surface area contributed by atoms with Crippen LogP contribution in [0.1, 0.15) is 6.92 Å². The summed E-state index contributed by atoms with van der Waals surface area (Å²) < 4.78 is 5.32. The fourth-order valence-electron chi connectivity index (χ4n) is 1.52. The van der Waals surface area contributed by atoms with Gasteiger partial charge in [0, 0.05) is 11.0 Å². The number of benzene rings is 2. The van der Waals surface area contributed by atoms with Crippen LogP contribution in [0.25, 0.3) is 10.8 Å². The fourth-order valence-corrected chi connectivity index (χ4v) is 1.62. The van der Waals surface area contributed by atoms with Gasteiger partial charge in [-0.1, -0.05) is 36.4 Å². The van der Waals surface area contributed by atoms with Crippen LogP contribution in [0.3, 0.4) is 0 Å². The van der Waals surface area contributed by atoms with Crippen LogP contribution in [0, 0.1) is 0 Å². The number of carbonyl (C=O) groups excluding carboxylic acids is 1. The van der Waals surface area contributed by atoms with Gasteiger partial charge in [-0.3, -0.25) is 0 Å². The number of carbonyl (C=O) groups is 1. The lowest BCUT2D eigenvalue weighted by Crippen LogP contribution is -2.08. The summed E-state index contributed by atoms with van der Waals surface area (Å²) in [5.74, 6) is 0.194. The van der Waals surface area contributed by atoms with Crippen molar-refractivity contribution < 1.29 is 9.53 Å². The number of thiol groups is 1. The maximum Gasteiger partial charge on any atom is 0.339 e. The first-order valence-corrected chi connectivity index (χ1v) is 5.75. The molecule has 0 N–H and O–H groups in total. The van der Waals surface area contributed by atoms with Crippen LogP contribution in [-0.2, 0) is 4.79 Å². The van der Waals surface area contributed by atoms with E-state index in [0.29, 0.717) is 11.3 Å². The second kappa shape index (κ2) is 5.06. The van der Waals surface area contributed by atoms with Crippen molar-refractivity contribution >= 4 is 29.4 Å². The predicted octanol–water partition coefficient (Wildman–Crippen LogP) is 3.58. The van der Waals surface area contributed by atoms with Crippen LogP contribution in [0.4, 0.5) is 0 Å². The molecule has 0 saturated carbocycles. The van der Waals surface area contributed by atoms with Crippen molar-refractivity contribution in [3.8, 4) is 5.75 Å². The Labute approximate surface area is 105 Å². The van der Waals surface area contributed by atoms with Crippen molar-refractivity contribution in [1.29, 1.82) is 0 Å². The molecule has 0 aliphatic carbocycles. The minimum absolute atomic E-state index is 0.378. The van der Waals surface area contributed by atoms with E-state index in [2.05, 4.69) is 12.6 Å². The lowest BCUT2D eigenvalue weighted by atomic mass is 10.1. The lowest BCUT2D eigenvalue weighted by Gasteiger charge is -2.07. The Bertz CT molecular complexity index is 582. The molecule has 0 aliphatic heterocycles. The first-order chi connectivity index (χ1) is 8.22. The Balaban J connectivity index is 2.40. The summed E-state index contributed by atoms with van der Waals surface area (Å²) in [6.45, 7) is 1.67. The van der Waals surface area contributed by atoms with Crippen LogP contribution in [-0.4, -0.2) is 5.97 Å². The monoisotopic (exact) mass is 244 g/mol. The van der Waals surface area contributed by atoms with Gasteiger partial charge in [-0.05, 0) is 23.8 Å². The number of hydrogen-bond acceptors (Lipinski definition) is 3. The van der Waals surface area contributed by atoms with Crippen LogP contribution < -0.4 is 4.74 Å². The van der Waals surface area contributed by atoms with E-state index in [-0.39, 0.29) is 5.97 Å². The molecule has 0 fully saturated rings. The number of fused-ring (bicyclic) bond motifs is 1. The van der Waals surface area contributed by atoms with E-state index in [1.807, 2.05) is 36.4 Å². The van der Waals surface area contributed by atoms with Gasteiger partial charge in [0.15, 0.2) is 0 Å².